The Labute approximate surface area is 142 Å². The van der Waals surface area contributed by atoms with E-state index in [2.05, 4.69) is 27.9 Å². The normalized spacial score (nSPS) is 23.0. The van der Waals surface area contributed by atoms with Gasteiger partial charge in [0.25, 0.3) is 0 Å². The molecule has 0 N–H and O–H groups in total. The molecule has 0 aromatic carbocycles. The average molecular weight is 322 g/mol. The van der Waals surface area contributed by atoms with Crippen LogP contribution in [0, 0.1) is 25.7 Å². The number of fused-ring (bicyclic) bond motifs is 1. The summed E-state index contributed by atoms with van der Waals surface area (Å²) < 4.78 is 0. The molecular weight excluding hydrogens is 300 g/mol. The average Bonchev–Trinajstić information content (AvgIpc) is 3.08. The molecule has 5 nitrogen and oxygen atoms in total. The van der Waals surface area contributed by atoms with Crippen LogP contribution in [0.15, 0.2) is 36.5 Å². The van der Waals surface area contributed by atoms with Gasteiger partial charge in [-0.2, -0.15) is 0 Å². The van der Waals surface area contributed by atoms with Crippen molar-refractivity contribution in [1.29, 1.82) is 0 Å². The lowest BCUT2D eigenvalue weighted by Crippen LogP contribution is -2.33. The summed E-state index contributed by atoms with van der Waals surface area (Å²) in [7, 11) is 0. The number of aryl methyl sites for hydroxylation is 2. The molecule has 2 atom stereocenters. The van der Waals surface area contributed by atoms with Gasteiger partial charge in [0, 0.05) is 37.4 Å². The zero-order valence-corrected chi connectivity index (χ0v) is 14.1. The van der Waals surface area contributed by atoms with E-state index in [9.17, 15) is 4.79 Å². The van der Waals surface area contributed by atoms with Crippen molar-refractivity contribution in [2.75, 3.05) is 24.5 Å². The number of hydrogen-bond acceptors (Lipinski definition) is 4. The van der Waals surface area contributed by atoms with Crippen molar-refractivity contribution in [3.63, 3.8) is 0 Å². The van der Waals surface area contributed by atoms with Gasteiger partial charge in [-0.3, -0.25) is 9.78 Å². The minimum absolute atomic E-state index is 0.0937. The van der Waals surface area contributed by atoms with Crippen LogP contribution < -0.4 is 4.90 Å². The third kappa shape index (κ3) is 2.64. The monoisotopic (exact) mass is 322 g/mol. The van der Waals surface area contributed by atoms with E-state index in [0.29, 0.717) is 12.5 Å². The number of likely N-dealkylation sites (tertiary alicyclic amines) is 1. The second kappa shape index (κ2) is 5.89. The Morgan fingerprint density at radius 2 is 2.00 bits per heavy atom. The Morgan fingerprint density at radius 3 is 2.75 bits per heavy atom. The van der Waals surface area contributed by atoms with Gasteiger partial charge in [-0.1, -0.05) is 12.1 Å². The minimum atomic E-state index is 0.0937. The lowest BCUT2D eigenvalue weighted by atomic mass is 10.0. The zero-order valence-electron chi connectivity index (χ0n) is 14.1. The van der Waals surface area contributed by atoms with Gasteiger partial charge in [0.15, 0.2) is 0 Å². The molecule has 0 saturated carbocycles. The fourth-order valence-corrected chi connectivity index (χ4v) is 3.95. The standard InChI is InChI=1S/C19H22N4O/c1-13-5-4-8-20-18(13)22-9-15-10-23(19(24)17(15)12-22)11-16-7-3-6-14(2)21-16/h3-8,15,17H,9-12H2,1-2H3/t15-,17-/m0/s1. The number of anilines is 1. The molecule has 2 aliphatic rings. The molecule has 2 fully saturated rings. The quantitative estimate of drug-likeness (QED) is 0.869. The first-order valence-electron chi connectivity index (χ1n) is 8.49. The summed E-state index contributed by atoms with van der Waals surface area (Å²) in [5, 5.41) is 0. The third-order valence-corrected chi connectivity index (χ3v) is 5.10. The predicted molar refractivity (Wildman–Crippen MR) is 92.6 cm³/mol. The number of aromatic nitrogens is 2. The molecule has 24 heavy (non-hydrogen) atoms. The Hall–Kier alpha value is -2.43. The van der Waals surface area contributed by atoms with Gasteiger partial charge in [-0.05, 0) is 37.6 Å². The molecule has 2 aliphatic heterocycles. The molecule has 124 valence electrons. The van der Waals surface area contributed by atoms with Gasteiger partial charge in [0.1, 0.15) is 5.82 Å². The van der Waals surface area contributed by atoms with Crippen LogP contribution >= 0.6 is 0 Å². The highest BCUT2D eigenvalue weighted by Crippen LogP contribution is 2.35. The lowest BCUT2D eigenvalue weighted by Gasteiger charge is -2.23. The van der Waals surface area contributed by atoms with Crippen LogP contribution in [-0.2, 0) is 11.3 Å². The summed E-state index contributed by atoms with van der Waals surface area (Å²) in [6.45, 7) is 7.19. The topological polar surface area (TPSA) is 49.3 Å². The summed E-state index contributed by atoms with van der Waals surface area (Å²) >= 11 is 0. The third-order valence-electron chi connectivity index (χ3n) is 5.10. The largest absolute Gasteiger partial charge is 0.355 e. The van der Waals surface area contributed by atoms with Gasteiger partial charge in [0.05, 0.1) is 18.2 Å². The SMILES string of the molecule is Cc1cccc(CN2C[C@@H]3CN(c4ncccc4C)C[C@@H]3C2=O)n1. The van der Waals surface area contributed by atoms with Gasteiger partial charge in [0.2, 0.25) is 5.91 Å². The van der Waals surface area contributed by atoms with Crippen molar-refractivity contribution < 1.29 is 4.79 Å². The van der Waals surface area contributed by atoms with Crippen molar-refractivity contribution in [2.45, 2.75) is 20.4 Å². The number of pyridine rings is 2. The van der Waals surface area contributed by atoms with E-state index in [-0.39, 0.29) is 11.8 Å². The van der Waals surface area contributed by atoms with Crippen molar-refractivity contribution >= 4 is 11.7 Å². The van der Waals surface area contributed by atoms with E-state index in [1.165, 1.54) is 5.56 Å². The molecule has 0 aliphatic carbocycles. The molecule has 5 heteroatoms. The van der Waals surface area contributed by atoms with Crippen LogP contribution in [-0.4, -0.2) is 40.4 Å². The van der Waals surface area contributed by atoms with Gasteiger partial charge in [-0.15, -0.1) is 0 Å². The molecule has 2 saturated heterocycles. The molecule has 0 spiro atoms. The number of rotatable bonds is 3. The van der Waals surface area contributed by atoms with Crippen LogP contribution in [0.5, 0.6) is 0 Å². The molecular formula is C19H22N4O. The van der Waals surface area contributed by atoms with E-state index >= 15 is 0 Å². The number of carbonyl (C=O) groups is 1. The highest BCUT2D eigenvalue weighted by molar-refractivity contribution is 5.83. The Morgan fingerprint density at radius 1 is 1.12 bits per heavy atom. The highest BCUT2D eigenvalue weighted by atomic mass is 16.2. The fraction of sp³-hybridized carbons (Fsp3) is 0.421. The van der Waals surface area contributed by atoms with Crippen LogP contribution in [0.4, 0.5) is 5.82 Å². The number of nitrogens with zero attached hydrogens (tertiary/aromatic N) is 4. The first kappa shape index (κ1) is 15.1. The van der Waals surface area contributed by atoms with Crippen LogP contribution in [0.3, 0.4) is 0 Å². The summed E-state index contributed by atoms with van der Waals surface area (Å²) in [5.74, 6) is 1.77. The van der Waals surface area contributed by atoms with E-state index in [4.69, 9.17) is 0 Å². The second-order valence-electron chi connectivity index (χ2n) is 6.90. The van der Waals surface area contributed by atoms with Crippen LogP contribution in [0.1, 0.15) is 17.0 Å². The molecule has 0 bridgehead atoms. The molecule has 0 radical (unpaired) electrons. The molecule has 4 rings (SSSR count). The summed E-state index contributed by atoms with van der Waals surface area (Å²) in [5.41, 5.74) is 3.14. The first-order chi connectivity index (χ1) is 11.6. The Kier molecular flexibility index (Phi) is 3.71. The lowest BCUT2D eigenvalue weighted by molar-refractivity contribution is -0.131. The second-order valence-corrected chi connectivity index (χ2v) is 6.90. The van der Waals surface area contributed by atoms with Crippen LogP contribution in [0.2, 0.25) is 0 Å². The summed E-state index contributed by atoms with van der Waals surface area (Å²) in [4.78, 5) is 26.1. The van der Waals surface area contributed by atoms with Crippen LogP contribution in [0.25, 0.3) is 0 Å². The maximum absolute atomic E-state index is 12.8. The zero-order chi connectivity index (χ0) is 16.7. The Bertz CT molecular complexity index is 775. The maximum atomic E-state index is 12.8. The number of amides is 1. The van der Waals surface area contributed by atoms with Crippen molar-refractivity contribution in [3.8, 4) is 0 Å². The van der Waals surface area contributed by atoms with Crippen molar-refractivity contribution in [3.05, 3.63) is 53.5 Å². The van der Waals surface area contributed by atoms with E-state index in [1.807, 2.05) is 42.3 Å². The fourth-order valence-electron chi connectivity index (χ4n) is 3.95. The molecule has 2 aromatic rings. The van der Waals surface area contributed by atoms with Crippen molar-refractivity contribution in [2.24, 2.45) is 11.8 Å². The number of hydrogen-bond donors (Lipinski definition) is 0. The number of carbonyl (C=O) groups excluding carboxylic acids is 1. The summed E-state index contributed by atoms with van der Waals surface area (Å²) in [6.07, 6.45) is 1.83. The highest BCUT2D eigenvalue weighted by Gasteiger charge is 2.46. The van der Waals surface area contributed by atoms with E-state index < -0.39 is 0 Å². The molecule has 1 amide bonds. The minimum Gasteiger partial charge on any atom is -0.355 e. The van der Waals surface area contributed by atoms with Gasteiger partial charge in [-0.25, -0.2) is 4.98 Å². The summed E-state index contributed by atoms with van der Waals surface area (Å²) in [6, 6.07) is 10.0. The molecule has 4 heterocycles. The molecule has 0 unspecified atom stereocenters. The first-order valence-corrected chi connectivity index (χ1v) is 8.49. The van der Waals surface area contributed by atoms with Gasteiger partial charge < -0.3 is 9.80 Å². The smallest absolute Gasteiger partial charge is 0.228 e. The van der Waals surface area contributed by atoms with Crippen molar-refractivity contribution in [1.82, 2.24) is 14.9 Å². The maximum Gasteiger partial charge on any atom is 0.228 e. The molecule has 2 aromatic heterocycles. The van der Waals surface area contributed by atoms with E-state index in [0.717, 1.165) is 36.8 Å². The Balaban J connectivity index is 1.46. The van der Waals surface area contributed by atoms with Gasteiger partial charge >= 0.3 is 0 Å². The predicted octanol–water partition coefficient (Wildman–Crippen LogP) is 2.19. The van der Waals surface area contributed by atoms with E-state index in [1.54, 1.807) is 0 Å².